The lowest BCUT2D eigenvalue weighted by atomic mass is 10.3. The summed E-state index contributed by atoms with van der Waals surface area (Å²) in [4.78, 5) is 20.3. The van der Waals surface area contributed by atoms with Crippen LogP contribution in [0.4, 0.5) is 17.5 Å². The fourth-order valence-corrected chi connectivity index (χ4v) is 2.52. The molecule has 0 saturated heterocycles. The summed E-state index contributed by atoms with van der Waals surface area (Å²) in [7, 11) is 0. The molecule has 0 radical (unpaired) electrons. The molecule has 0 bridgehead atoms. The van der Waals surface area contributed by atoms with E-state index >= 15 is 0 Å². The molecule has 1 aromatic heterocycles. The number of amides is 1. The van der Waals surface area contributed by atoms with E-state index in [1.807, 2.05) is 37.3 Å². The van der Waals surface area contributed by atoms with Crippen LogP contribution in [-0.2, 0) is 4.79 Å². The van der Waals surface area contributed by atoms with E-state index < -0.39 is 0 Å². The van der Waals surface area contributed by atoms with Gasteiger partial charge in [0.25, 0.3) is 0 Å². The van der Waals surface area contributed by atoms with Gasteiger partial charge in [0.05, 0.1) is 0 Å². The van der Waals surface area contributed by atoms with Gasteiger partial charge in [-0.15, -0.1) is 0 Å². The quantitative estimate of drug-likeness (QED) is 0.735. The number of nitrogens with zero attached hydrogens (tertiary/aromatic N) is 2. The van der Waals surface area contributed by atoms with Gasteiger partial charge in [-0.05, 0) is 31.2 Å². The van der Waals surface area contributed by atoms with Crippen molar-refractivity contribution in [1.29, 1.82) is 0 Å². The number of hydrogen-bond acceptors (Lipinski definition) is 6. The third-order valence-electron chi connectivity index (χ3n) is 2.47. The van der Waals surface area contributed by atoms with Crippen LogP contribution in [0.3, 0.4) is 0 Å². The third-order valence-corrected chi connectivity index (χ3v) is 3.40. The Morgan fingerprint density at radius 2 is 2.00 bits per heavy atom. The van der Waals surface area contributed by atoms with E-state index in [0.29, 0.717) is 5.82 Å². The minimum atomic E-state index is -0.0886. The van der Waals surface area contributed by atoms with Gasteiger partial charge in [-0.25, -0.2) is 4.98 Å². The molecule has 0 aliphatic rings. The lowest BCUT2D eigenvalue weighted by Gasteiger charge is -2.07. The monoisotopic (exact) mass is 303 g/mol. The first-order valence-corrected chi connectivity index (χ1v) is 7.32. The Balaban J connectivity index is 2.12. The maximum absolute atomic E-state index is 11.0. The van der Waals surface area contributed by atoms with Gasteiger partial charge in [-0.3, -0.25) is 4.79 Å². The molecule has 0 atom stereocenters. The highest BCUT2D eigenvalue weighted by Crippen LogP contribution is 2.28. The largest absolute Gasteiger partial charge is 0.370 e. The molecule has 0 spiro atoms. The second kappa shape index (κ2) is 6.94. The number of benzene rings is 1. The Labute approximate surface area is 127 Å². The Morgan fingerprint density at radius 1 is 1.29 bits per heavy atom. The van der Waals surface area contributed by atoms with Gasteiger partial charge in [0.2, 0.25) is 11.9 Å². The summed E-state index contributed by atoms with van der Waals surface area (Å²) in [5.74, 6) is 0.863. The lowest BCUT2D eigenvalue weighted by Crippen LogP contribution is -2.05. The molecule has 0 saturated carbocycles. The highest BCUT2D eigenvalue weighted by Gasteiger charge is 2.04. The van der Waals surface area contributed by atoms with E-state index in [1.54, 1.807) is 0 Å². The zero-order valence-corrected chi connectivity index (χ0v) is 12.7. The molecule has 1 amide bonds. The molecule has 0 fully saturated rings. The number of rotatable bonds is 5. The first-order chi connectivity index (χ1) is 10.1. The van der Waals surface area contributed by atoms with Crippen LogP contribution in [0.1, 0.15) is 13.8 Å². The number of carbonyl (C=O) groups is 1. The molecule has 0 aliphatic heterocycles. The number of nitrogens with two attached hydrogens (primary N) is 1. The van der Waals surface area contributed by atoms with Gasteiger partial charge in [0.1, 0.15) is 10.8 Å². The van der Waals surface area contributed by atoms with E-state index in [4.69, 9.17) is 5.73 Å². The smallest absolute Gasteiger partial charge is 0.223 e. The maximum atomic E-state index is 11.0. The van der Waals surface area contributed by atoms with Crippen LogP contribution < -0.4 is 16.4 Å². The van der Waals surface area contributed by atoms with E-state index in [9.17, 15) is 4.79 Å². The molecule has 21 heavy (non-hydrogen) atoms. The van der Waals surface area contributed by atoms with Crippen LogP contribution in [0.2, 0.25) is 0 Å². The maximum Gasteiger partial charge on any atom is 0.223 e. The zero-order valence-electron chi connectivity index (χ0n) is 11.9. The van der Waals surface area contributed by atoms with Crippen molar-refractivity contribution in [1.82, 2.24) is 9.97 Å². The molecule has 0 unspecified atom stereocenters. The van der Waals surface area contributed by atoms with Crippen molar-refractivity contribution < 1.29 is 4.79 Å². The Morgan fingerprint density at radius 3 is 2.62 bits per heavy atom. The van der Waals surface area contributed by atoms with Gasteiger partial charge >= 0.3 is 0 Å². The van der Waals surface area contributed by atoms with Gasteiger partial charge in [-0.2, -0.15) is 4.98 Å². The molecular weight excluding hydrogens is 286 g/mol. The van der Waals surface area contributed by atoms with Crippen molar-refractivity contribution in [2.75, 3.05) is 22.9 Å². The molecule has 7 heteroatoms. The van der Waals surface area contributed by atoms with Crippen LogP contribution in [0.5, 0.6) is 0 Å². The standard InChI is InChI=1S/C14H17N5OS/c1-3-16-12-8-13(19-14(15)18-12)21-11-6-4-10(5-7-11)17-9(2)20/h4-8H,3H2,1-2H3,(H,17,20)(H3,15,16,18,19). The van der Waals surface area contributed by atoms with Crippen LogP contribution >= 0.6 is 11.8 Å². The summed E-state index contributed by atoms with van der Waals surface area (Å²) < 4.78 is 0. The minimum absolute atomic E-state index is 0.0886. The topological polar surface area (TPSA) is 92.9 Å². The number of nitrogen functional groups attached to an aromatic ring is 1. The second-order valence-electron chi connectivity index (χ2n) is 4.29. The van der Waals surface area contributed by atoms with Crippen molar-refractivity contribution in [2.24, 2.45) is 0 Å². The molecule has 4 N–H and O–H groups in total. The van der Waals surface area contributed by atoms with Crippen LogP contribution in [0.15, 0.2) is 40.3 Å². The van der Waals surface area contributed by atoms with E-state index in [1.165, 1.54) is 18.7 Å². The van der Waals surface area contributed by atoms with Gasteiger partial charge in [0, 0.05) is 30.1 Å². The second-order valence-corrected chi connectivity index (χ2v) is 5.38. The van der Waals surface area contributed by atoms with Crippen LogP contribution in [-0.4, -0.2) is 22.4 Å². The van der Waals surface area contributed by atoms with Crippen molar-refractivity contribution in [2.45, 2.75) is 23.8 Å². The molecule has 2 rings (SSSR count). The van der Waals surface area contributed by atoms with Gasteiger partial charge < -0.3 is 16.4 Å². The van der Waals surface area contributed by atoms with Crippen LogP contribution in [0.25, 0.3) is 0 Å². The van der Waals surface area contributed by atoms with Crippen molar-refractivity contribution in [3.05, 3.63) is 30.3 Å². The average Bonchev–Trinajstić information content (AvgIpc) is 2.40. The molecule has 1 heterocycles. The fraction of sp³-hybridized carbons (Fsp3) is 0.214. The summed E-state index contributed by atoms with van der Waals surface area (Å²) in [5.41, 5.74) is 6.47. The summed E-state index contributed by atoms with van der Waals surface area (Å²) in [6.07, 6.45) is 0. The molecule has 0 aliphatic carbocycles. The highest BCUT2D eigenvalue weighted by atomic mass is 32.2. The highest BCUT2D eigenvalue weighted by molar-refractivity contribution is 7.99. The molecule has 2 aromatic rings. The predicted molar refractivity (Wildman–Crippen MR) is 85.5 cm³/mol. The molecular formula is C14H17N5OS. The van der Waals surface area contributed by atoms with E-state index in [0.717, 1.165) is 22.2 Å². The SMILES string of the molecule is CCNc1cc(Sc2ccc(NC(C)=O)cc2)nc(N)n1. The summed E-state index contributed by atoms with van der Waals surface area (Å²) in [5, 5.41) is 6.61. The van der Waals surface area contributed by atoms with Crippen molar-refractivity contribution >= 4 is 35.1 Å². The average molecular weight is 303 g/mol. The van der Waals surface area contributed by atoms with E-state index in [2.05, 4.69) is 20.6 Å². The van der Waals surface area contributed by atoms with Crippen molar-refractivity contribution in [3.63, 3.8) is 0 Å². The number of nitrogens with one attached hydrogen (secondary N) is 2. The van der Waals surface area contributed by atoms with Gasteiger partial charge in [0.15, 0.2) is 0 Å². The van der Waals surface area contributed by atoms with Crippen molar-refractivity contribution in [3.8, 4) is 0 Å². The summed E-state index contributed by atoms with van der Waals surface area (Å²) in [6.45, 7) is 4.24. The third kappa shape index (κ3) is 4.64. The van der Waals surface area contributed by atoms with E-state index in [-0.39, 0.29) is 11.9 Å². The molecule has 1 aromatic carbocycles. The Bertz CT molecular complexity index is 630. The number of hydrogen-bond donors (Lipinski definition) is 3. The van der Waals surface area contributed by atoms with Crippen LogP contribution in [0, 0.1) is 0 Å². The van der Waals surface area contributed by atoms with Gasteiger partial charge in [-0.1, -0.05) is 11.8 Å². The number of anilines is 3. The Hall–Kier alpha value is -2.28. The fourth-order valence-electron chi connectivity index (χ4n) is 1.70. The summed E-state index contributed by atoms with van der Waals surface area (Å²) in [6, 6.07) is 9.38. The molecule has 6 nitrogen and oxygen atoms in total. The lowest BCUT2D eigenvalue weighted by molar-refractivity contribution is -0.114. The number of aromatic nitrogens is 2. The molecule has 110 valence electrons. The first kappa shape index (κ1) is 15.1. The Kier molecular flexibility index (Phi) is 4.99. The predicted octanol–water partition coefficient (Wildman–Crippen LogP) is 2.60. The number of carbonyl (C=O) groups excluding carboxylic acids is 1. The summed E-state index contributed by atoms with van der Waals surface area (Å²) >= 11 is 1.49. The normalized spacial score (nSPS) is 10.2. The first-order valence-electron chi connectivity index (χ1n) is 6.50. The minimum Gasteiger partial charge on any atom is -0.370 e. The zero-order chi connectivity index (χ0) is 15.2.